The third-order valence-electron chi connectivity index (χ3n) is 2.44. The molecule has 0 amide bonds. The van der Waals surface area contributed by atoms with Crippen molar-refractivity contribution in [2.45, 2.75) is 13.0 Å². The molecule has 0 spiro atoms. The highest BCUT2D eigenvalue weighted by Gasteiger charge is 2.01. The molecular weight excluding hydrogens is 238 g/mol. The second-order valence-electron chi connectivity index (χ2n) is 3.69. The molecule has 5 heteroatoms. The van der Waals surface area contributed by atoms with Gasteiger partial charge >= 0.3 is 0 Å². The van der Waals surface area contributed by atoms with Gasteiger partial charge in [0.25, 0.3) is 0 Å². The summed E-state index contributed by atoms with van der Waals surface area (Å²) >= 11 is 5.65. The van der Waals surface area contributed by atoms with E-state index in [1.807, 2.05) is 35.1 Å². The zero-order chi connectivity index (χ0) is 12.1. The molecule has 0 aliphatic rings. The smallest absolute Gasteiger partial charge is 0.118 e. The van der Waals surface area contributed by atoms with Crippen molar-refractivity contribution < 1.29 is 4.74 Å². The number of benzene rings is 1. The zero-order valence-electron chi connectivity index (χ0n) is 9.64. The highest BCUT2D eigenvalue weighted by atomic mass is 35.5. The van der Waals surface area contributed by atoms with Gasteiger partial charge in [-0.05, 0) is 17.7 Å². The predicted octanol–water partition coefficient (Wildman–Crippen LogP) is 2.12. The zero-order valence-corrected chi connectivity index (χ0v) is 10.4. The minimum absolute atomic E-state index is 0.571. The normalized spacial score (nSPS) is 10.5. The molecule has 0 bridgehead atoms. The summed E-state index contributed by atoms with van der Waals surface area (Å²) < 4.78 is 6.92. The number of methoxy groups -OCH3 is 1. The molecule has 0 N–H and O–H groups in total. The van der Waals surface area contributed by atoms with E-state index in [0.29, 0.717) is 12.4 Å². The molecule has 0 aliphatic heterocycles. The van der Waals surface area contributed by atoms with Gasteiger partial charge in [0, 0.05) is 18.5 Å². The van der Waals surface area contributed by atoms with Crippen molar-refractivity contribution in [2.24, 2.45) is 0 Å². The van der Waals surface area contributed by atoms with Crippen LogP contribution in [0.25, 0.3) is 0 Å². The van der Waals surface area contributed by atoms with E-state index < -0.39 is 0 Å². The molecule has 2 rings (SSSR count). The first kappa shape index (κ1) is 11.9. The van der Waals surface area contributed by atoms with Crippen molar-refractivity contribution in [1.29, 1.82) is 0 Å². The van der Waals surface area contributed by atoms with Crippen LogP contribution < -0.4 is 4.74 Å². The lowest BCUT2D eigenvalue weighted by Crippen LogP contribution is -2.00. The van der Waals surface area contributed by atoms with Crippen molar-refractivity contribution in [1.82, 2.24) is 15.0 Å². The number of halogens is 1. The average molecular weight is 252 g/mol. The Kier molecular flexibility index (Phi) is 3.98. The largest absolute Gasteiger partial charge is 0.497 e. The van der Waals surface area contributed by atoms with E-state index in [-0.39, 0.29) is 0 Å². The fourth-order valence-electron chi connectivity index (χ4n) is 1.55. The number of hydrogen-bond acceptors (Lipinski definition) is 3. The molecule has 1 aromatic heterocycles. The number of ether oxygens (including phenoxy) is 1. The van der Waals surface area contributed by atoms with Crippen LogP contribution in [-0.4, -0.2) is 28.0 Å². The molecule has 0 radical (unpaired) electrons. The number of nitrogens with zero attached hydrogens (tertiary/aromatic N) is 3. The second kappa shape index (κ2) is 5.68. The summed E-state index contributed by atoms with van der Waals surface area (Å²) in [6.07, 6.45) is 2.68. The Morgan fingerprint density at radius 3 is 2.71 bits per heavy atom. The molecule has 0 saturated carbocycles. The quantitative estimate of drug-likeness (QED) is 0.765. The number of hydrogen-bond donors (Lipinski definition) is 0. The topological polar surface area (TPSA) is 39.9 Å². The minimum Gasteiger partial charge on any atom is -0.497 e. The van der Waals surface area contributed by atoms with E-state index in [1.54, 1.807) is 7.11 Å². The third-order valence-corrected chi connectivity index (χ3v) is 2.63. The Balaban J connectivity index is 2.03. The molecular formula is C12H14ClN3O. The second-order valence-corrected chi connectivity index (χ2v) is 4.07. The van der Waals surface area contributed by atoms with Gasteiger partial charge in [0.1, 0.15) is 5.75 Å². The Morgan fingerprint density at radius 1 is 1.29 bits per heavy atom. The summed E-state index contributed by atoms with van der Waals surface area (Å²) in [6.45, 7) is 0.708. The van der Waals surface area contributed by atoms with Crippen molar-refractivity contribution in [3.63, 3.8) is 0 Å². The van der Waals surface area contributed by atoms with E-state index in [0.717, 1.165) is 23.4 Å². The molecule has 0 unspecified atom stereocenters. The van der Waals surface area contributed by atoms with Gasteiger partial charge in [-0.1, -0.05) is 17.3 Å². The fraction of sp³-hybridized carbons (Fsp3) is 0.333. The molecule has 4 nitrogen and oxygen atoms in total. The maximum absolute atomic E-state index is 5.65. The molecule has 0 atom stereocenters. The van der Waals surface area contributed by atoms with Crippen LogP contribution in [0.1, 0.15) is 11.3 Å². The van der Waals surface area contributed by atoms with Gasteiger partial charge in [-0.3, -0.25) is 0 Å². The molecule has 1 aromatic carbocycles. The van der Waals surface area contributed by atoms with Crippen LogP contribution in [0.5, 0.6) is 5.75 Å². The van der Waals surface area contributed by atoms with Gasteiger partial charge in [0.2, 0.25) is 0 Å². The summed E-state index contributed by atoms with van der Waals surface area (Å²) in [4.78, 5) is 0. The van der Waals surface area contributed by atoms with Crippen LogP contribution in [0.2, 0.25) is 0 Å². The number of rotatable bonds is 5. The van der Waals surface area contributed by atoms with Crippen LogP contribution in [-0.2, 0) is 13.0 Å². The molecule has 2 aromatic rings. The molecule has 17 heavy (non-hydrogen) atoms. The highest BCUT2D eigenvalue weighted by molar-refractivity contribution is 6.17. The fourth-order valence-corrected chi connectivity index (χ4v) is 1.74. The average Bonchev–Trinajstić information content (AvgIpc) is 2.78. The number of alkyl halides is 1. The molecule has 0 saturated heterocycles. The van der Waals surface area contributed by atoms with Crippen molar-refractivity contribution in [3.05, 3.63) is 41.7 Å². The summed E-state index contributed by atoms with van der Waals surface area (Å²) in [5, 5.41) is 8.09. The van der Waals surface area contributed by atoms with Gasteiger partial charge < -0.3 is 4.74 Å². The van der Waals surface area contributed by atoms with Gasteiger partial charge in [-0.2, -0.15) is 0 Å². The van der Waals surface area contributed by atoms with E-state index in [4.69, 9.17) is 16.3 Å². The van der Waals surface area contributed by atoms with E-state index >= 15 is 0 Å². The molecule has 90 valence electrons. The van der Waals surface area contributed by atoms with Crippen LogP contribution in [0.15, 0.2) is 30.5 Å². The maximum atomic E-state index is 5.65. The SMILES string of the molecule is COc1ccc(Cn2cc(CCCl)nn2)cc1. The predicted molar refractivity (Wildman–Crippen MR) is 66.5 cm³/mol. The first-order valence-corrected chi connectivity index (χ1v) is 5.93. The molecule has 0 fully saturated rings. The summed E-state index contributed by atoms with van der Waals surface area (Å²) in [6, 6.07) is 7.90. The minimum atomic E-state index is 0.571. The lowest BCUT2D eigenvalue weighted by Gasteiger charge is -2.02. The van der Waals surface area contributed by atoms with Crippen LogP contribution >= 0.6 is 11.6 Å². The summed E-state index contributed by atoms with van der Waals surface area (Å²) in [5.74, 6) is 1.43. The number of aryl methyl sites for hydroxylation is 1. The first-order chi connectivity index (χ1) is 8.31. The summed E-state index contributed by atoms with van der Waals surface area (Å²) in [5.41, 5.74) is 2.08. The van der Waals surface area contributed by atoms with E-state index in [2.05, 4.69) is 10.3 Å². The van der Waals surface area contributed by atoms with Crippen LogP contribution in [0.3, 0.4) is 0 Å². The van der Waals surface area contributed by atoms with Gasteiger partial charge in [-0.15, -0.1) is 16.7 Å². The van der Waals surface area contributed by atoms with E-state index in [9.17, 15) is 0 Å². The van der Waals surface area contributed by atoms with Gasteiger partial charge in [0.15, 0.2) is 0 Å². The van der Waals surface area contributed by atoms with Crippen molar-refractivity contribution in [2.75, 3.05) is 13.0 Å². The standard InChI is InChI=1S/C12H14ClN3O/c1-17-12-4-2-10(3-5-12)8-16-9-11(6-7-13)14-15-16/h2-5,9H,6-8H2,1H3. The third kappa shape index (κ3) is 3.20. The summed E-state index contributed by atoms with van der Waals surface area (Å²) in [7, 11) is 1.66. The Morgan fingerprint density at radius 2 is 2.06 bits per heavy atom. The van der Waals surface area contributed by atoms with Gasteiger partial charge in [-0.25, -0.2) is 4.68 Å². The highest BCUT2D eigenvalue weighted by Crippen LogP contribution is 2.12. The number of aromatic nitrogens is 3. The molecule has 0 aliphatic carbocycles. The van der Waals surface area contributed by atoms with Crippen molar-refractivity contribution in [3.8, 4) is 5.75 Å². The lowest BCUT2D eigenvalue weighted by molar-refractivity contribution is 0.414. The Bertz CT molecular complexity index is 467. The Labute approximate surface area is 105 Å². The Hall–Kier alpha value is -1.55. The first-order valence-electron chi connectivity index (χ1n) is 5.39. The monoisotopic (exact) mass is 251 g/mol. The lowest BCUT2D eigenvalue weighted by atomic mass is 10.2. The van der Waals surface area contributed by atoms with Crippen LogP contribution in [0.4, 0.5) is 0 Å². The maximum Gasteiger partial charge on any atom is 0.118 e. The van der Waals surface area contributed by atoms with Crippen molar-refractivity contribution >= 4 is 11.6 Å². The van der Waals surface area contributed by atoms with Gasteiger partial charge in [0.05, 0.1) is 19.3 Å². The molecule has 1 heterocycles. The van der Waals surface area contributed by atoms with Crippen LogP contribution in [0, 0.1) is 0 Å². The van der Waals surface area contributed by atoms with E-state index in [1.165, 1.54) is 0 Å².